The van der Waals surface area contributed by atoms with Crippen molar-refractivity contribution < 1.29 is 24.6 Å². The van der Waals surface area contributed by atoms with Crippen LogP contribution in [0.3, 0.4) is 0 Å². The number of carboxylic acid groups (broad SMARTS) is 1. The van der Waals surface area contributed by atoms with Gasteiger partial charge in [0.2, 0.25) is 5.91 Å². The van der Waals surface area contributed by atoms with Crippen LogP contribution in [0.15, 0.2) is 34.2 Å². The SMILES string of the molecule is CC1(C)CN=C(Nc2cc(C(=O)NNC(=O)CC(CC(=O)O)c3cc(Cl)cc(Cl)c3O)c[nH]c2=O)NC1. The molecule has 2 amide bonds. The van der Waals surface area contributed by atoms with Crippen molar-refractivity contribution in [2.24, 2.45) is 10.4 Å². The molecule has 2 heterocycles. The van der Waals surface area contributed by atoms with Gasteiger partial charge in [-0.1, -0.05) is 37.0 Å². The Hall–Kier alpha value is -3.77. The van der Waals surface area contributed by atoms with Crippen molar-refractivity contribution in [1.29, 1.82) is 0 Å². The normalized spacial score (nSPS) is 15.1. The molecule has 1 unspecified atom stereocenters. The fraction of sp³-hybridized carbons (Fsp3) is 0.348. The number of guanidine groups is 1. The summed E-state index contributed by atoms with van der Waals surface area (Å²) in [5.41, 5.74) is 4.08. The number of hydrazine groups is 1. The molecule has 0 saturated heterocycles. The van der Waals surface area contributed by atoms with Gasteiger partial charge in [-0.25, -0.2) is 0 Å². The first-order chi connectivity index (χ1) is 17.3. The molecule has 0 fully saturated rings. The number of nitrogens with one attached hydrogen (secondary N) is 5. The van der Waals surface area contributed by atoms with E-state index in [0.717, 1.165) is 0 Å². The van der Waals surface area contributed by atoms with Gasteiger partial charge >= 0.3 is 5.97 Å². The van der Waals surface area contributed by atoms with Gasteiger partial charge in [0.05, 0.1) is 17.0 Å². The number of phenolic OH excluding ortho intramolecular Hbond substituents is 1. The fourth-order valence-corrected chi connectivity index (χ4v) is 4.03. The van der Waals surface area contributed by atoms with E-state index in [9.17, 15) is 29.4 Å². The standard InChI is InChI=1S/C23H26Cl2N6O6/c1-23(2)9-27-22(28-10-23)29-16-3-12(8-26-21(16)37)20(36)31-30-17(32)4-11(5-18(33)34)14-6-13(24)7-15(25)19(14)35/h3,6-8,11,35H,4-5,9-10H2,1-2H3,(H,26,37)(H,30,32)(H,31,36)(H,33,34)(H2,27,28,29). The highest BCUT2D eigenvalue weighted by Gasteiger charge is 2.25. The molecule has 0 radical (unpaired) electrons. The van der Waals surface area contributed by atoms with Gasteiger partial charge < -0.3 is 25.8 Å². The van der Waals surface area contributed by atoms with Crippen molar-refractivity contribution in [1.82, 2.24) is 21.2 Å². The Kier molecular flexibility index (Phi) is 8.66. The number of phenols is 1. The summed E-state index contributed by atoms with van der Waals surface area (Å²) in [6.07, 6.45) is 0.264. The van der Waals surface area contributed by atoms with Crippen molar-refractivity contribution in [3.63, 3.8) is 0 Å². The Labute approximate surface area is 221 Å². The molecule has 0 bridgehead atoms. The van der Waals surface area contributed by atoms with E-state index in [1.165, 1.54) is 24.4 Å². The Balaban J connectivity index is 1.66. The van der Waals surface area contributed by atoms with Gasteiger partial charge in [0.1, 0.15) is 11.4 Å². The molecule has 1 aromatic carbocycles. The number of halogens is 2. The maximum absolute atomic E-state index is 12.6. The monoisotopic (exact) mass is 552 g/mol. The Morgan fingerprint density at radius 3 is 2.54 bits per heavy atom. The minimum Gasteiger partial charge on any atom is -0.506 e. The molecule has 7 N–H and O–H groups in total. The number of carboxylic acids is 1. The number of aliphatic carboxylic acids is 1. The molecule has 2 aromatic rings. The van der Waals surface area contributed by atoms with E-state index in [-0.39, 0.29) is 38.0 Å². The third kappa shape index (κ3) is 7.61. The number of H-pyrrole nitrogens is 1. The van der Waals surface area contributed by atoms with Crippen molar-refractivity contribution in [3.8, 4) is 5.75 Å². The second-order valence-electron chi connectivity index (χ2n) is 9.27. The lowest BCUT2D eigenvalue weighted by molar-refractivity contribution is -0.137. The van der Waals surface area contributed by atoms with Crippen LogP contribution in [-0.4, -0.2) is 52.0 Å². The Morgan fingerprint density at radius 1 is 1.16 bits per heavy atom. The summed E-state index contributed by atoms with van der Waals surface area (Å²) >= 11 is 11.9. The molecule has 37 heavy (non-hydrogen) atoms. The number of rotatable bonds is 7. The number of carbonyl (C=O) groups is 3. The van der Waals surface area contributed by atoms with Crippen molar-refractivity contribution in [2.75, 3.05) is 18.4 Å². The number of pyridine rings is 1. The lowest BCUT2D eigenvalue weighted by Gasteiger charge is -2.29. The van der Waals surface area contributed by atoms with Crippen LogP contribution in [0, 0.1) is 5.41 Å². The third-order valence-electron chi connectivity index (χ3n) is 5.48. The summed E-state index contributed by atoms with van der Waals surface area (Å²) in [5.74, 6) is -3.67. The summed E-state index contributed by atoms with van der Waals surface area (Å²) in [6.45, 7) is 5.28. The number of benzene rings is 1. The maximum Gasteiger partial charge on any atom is 0.303 e. The zero-order valence-electron chi connectivity index (χ0n) is 19.9. The highest BCUT2D eigenvalue weighted by atomic mass is 35.5. The quantitative estimate of drug-likeness (QED) is 0.254. The number of carbonyl (C=O) groups excluding carboxylic acids is 2. The highest BCUT2D eigenvalue weighted by molar-refractivity contribution is 6.35. The Bertz CT molecular complexity index is 1310. The van der Waals surface area contributed by atoms with E-state index in [1.54, 1.807) is 0 Å². The number of amides is 2. The predicted molar refractivity (Wildman–Crippen MR) is 138 cm³/mol. The van der Waals surface area contributed by atoms with Gasteiger partial charge in [-0.05, 0) is 18.2 Å². The smallest absolute Gasteiger partial charge is 0.303 e. The van der Waals surface area contributed by atoms with Crippen LogP contribution >= 0.6 is 23.2 Å². The maximum atomic E-state index is 12.6. The lowest BCUT2D eigenvalue weighted by atomic mass is 9.91. The summed E-state index contributed by atoms with van der Waals surface area (Å²) in [5, 5.41) is 25.5. The first-order valence-corrected chi connectivity index (χ1v) is 11.9. The van der Waals surface area contributed by atoms with Gasteiger partial charge in [-0.2, -0.15) is 0 Å². The molecular weight excluding hydrogens is 527 g/mol. The molecule has 1 aromatic heterocycles. The van der Waals surface area contributed by atoms with E-state index in [0.29, 0.717) is 19.0 Å². The van der Waals surface area contributed by atoms with Crippen LogP contribution in [0.4, 0.5) is 5.69 Å². The predicted octanol–water partition coefficient (Wildman–Crippen LogP) is 2.19. The van der Waals surface area contributed by atoms with Crippen LogP contribution in [0.2, 0.25) is 10.0 Å². The van der Waals surface area contributed by atoms with E-state index in [4.69, 9.17) is 23.2 Å². The second-order valence-corrected chi connectivity index (χ2v) is 10.1. The lowest BCUT2D eigenvalue weighted by Crippen LogP contribution is -2.45. The molecule has 1 atom stereocenters. The largest absolute Gasteiger partial charge is 0.506 e. The Morgan fingerprint density at radius 2 is 1.89 bits per heavy atom. The number of hydrogen-bond donors (Lipinski definition) is 7. The van der Waals surface area contributed by atoms with Crippen molar-refractivity contribution in [3.05, 3.63) is 55.9 Å². The number of aromatic hydroxyl groups is 1. The van der Waals surface area contributed by atoms with E-state index < -0.39 is 42.1 Å². The van der Waals surface area contributed by atoms with Gasteiger partial charge in [0.25, 0.3) is 11.5 Å². The number of aliphatic imine (C=N–C) groups is 1. The summed E-state index contributed by atoms with van der Waals surface area (Å²) < 4.78 is 0. The highest BCUT2D eigenvalue weighted by Crippen LogP contribution is 2.38. The molecule has 1 aliphatic heterocycles. The van der Waals surface area contributed by atoms with Crippen molar-refractivity contribution >= 4 is 52.6 Å². The minimum atomic E-state index is -1.22. The van der Waals surface area contributed by atoms with Crippen LogP contribution in [0.25, 0.3) is 0 Å². The average molecular weight is 553 g/mol. The fourth-order valence-electron chi connectivity index (χ4n) is 3.52. The molecule has 198 valence electrons. The third-order valence-corrected chi connectivity index (χ3v) is 5.99. The minimum absolute atomic E-state index is 0.0282. The van der Waals surface area contributed by atoms with E-state index in [1.807, 2.05) is 13.8 Å². The van der Waals surface area contributed by atoms with Crippen LogP contribution in [-0.2, 0) is 9.59 Å². The number of aromatic amines is 1. The number of nitrogens with zero attached hydrogens (tertiary/aromatic N) is 1. The zero-order valence-corrected chi connectivity index (χ0v) is 21.5. The van der Waals surface area contributed by atoms with Crippen molar-refractivity contribution in [2.45, 2.75) is 32.6 Å². The van der Waals surface area contributed by atoms with Gasteiger partial charge in [-0.15, -0.1) is 0 Å². The molecular formula is C23H26Cl2N6O6. The summed E-state index contributed by atoms with van der Waals surface area (Å²) in [4.78, 5) is 55.4. The first-order valence-electron chi connectivity index (χ1n) is 11.1. The van der Waals surface area contributed by atoms with Gasteiger partial charge in [0.15, 0.2) is 5.96 Å². The summed E-state index contributed by atoms with van der Waals surface area (Å²) in [6, 6.07) is 3.90. The van der Waals surface area contributed by atoms with Crippen LogP contribution in [0.5, 0.6) is 5.75 Å². The van der Waals surface area contributed by atoms with Gasteiger partial charge in [-0.3, -0.25) is 35.0 Å². The number of aromatic nitrogens is 1. The molecule has 0 spiro atoms. The molecule has 0 saturated carbocycles. The number of anilines is 1. The molecule has 3 rings (SSSR count). The molecule has 14 heteroatoms. The second kappa shape index (κ2) is 11.5. The van der Waals surface area contributed by atoms with Crippen LogP contribution < -0.4 is 27.0 Å². The van der Waals surface area contributed by atoms with E-state index in [2.05, 4.69) is 31.5 Å². The molecule has 1 aliphatic rings. The summed E-state index contributed by atoms with van der Waals surface area (Å²) in [7, 11) is 0. The van der Waals surface area contributed by atoms with Gasteiger partial charge in [0, 0.05) is 47.6 Å². The molecule has 0 aliphatic carbocycles. The zero-order chi connectivity index (χ0) is 27.3. The average Bonchev–Trinajstić information content (AvgIpc) is 2.81. The first kappa shape index (κ1) is 27.8. The molecule has 12 nitrogen and oxygen atoms in total. The topological polar surface area (TPSA) is 185 Å². The van der Waals surface area contributed by atoms with Crippen LogP contribution in [0.1, 0.15) is 48.5 Å². The number of hydrogen-bond acceptors (Lipinski definition) is 8. The van der Waals surface area contributed by atoms with E-state index >= 15 is 0 Å².